The van der Waals surface area contributed by atoms with Crippen molar-refractivity contribution in [3.63, 3.8) is 0 Å². The van der Waals surface area contributed by atoms with Crippen LogP contribution in [0.5, 0.6) is 11.5 Å². The summed E-state index contributed by atoms with van der Waals surface area (Å²) in [7, 11) is 0. The molecule has 2 saturated carbocycles. The van der Waals surface area contributed by atoms with E-state index in [9.17, 15) is 29.4 Å². The number of aromatic hydroxyl groups is 2. The summed E-state index contributed by atoms with van der Waals surface area (Å²) in [5.41, 5.74) is 0.515. The van der Waals surface area contributed by atoms with Crippen LogP contribution in [0.3, 0.4) is 0 Å². The van der Waals surface area contributed by atoms with E-state index in [2.05, 4.69) is 13.8 Å². The van der Waals surface area contributed by atoms with Gasteiger partial charge >= 0.3 is 11.9 Å². The second kappa shape index (κ2) is 12.2. The fourth-order valence-corrected chi connectivity index (χ4v) is 7.18. The van der Waals surface area contributed by atoms with E-state index in [0.717, 1.165) is 42.7 Å². The number of fused-ring (bicyclic) bond motifs is 2. The first-order valence-corrected chi connectivity index (χ1v) is 14.0. The van der Waals surface area contributed by atoms with Crippen molar-refractivity contribution in [1.29, 1.82) is 0 Å². The van der Waals surface area contributed by atoms with Gasteiger partial charge in [-0.15, -0.1) is 0 Å². The van der Waals surface area contributed by atoms with Gasteiger partial charge in [-0.1, -0.05) is 27.2 Å². The van der Waals surface area contributed by atoms with Crippen LogP contribution in [0.2, 0.25) is 0 Å². The van der Waals surface area contributed by atoms with Gasteiger partial charge in [-0.3, -0.25) is 24.1 Å². The molecule has 7 atom stereocenters. The summed E-state index contributed by atoms with van der Waals surface area (Å²) in [6.07, 6.45) is 6.12. The zero-order valence-corrected chi connectivity index (χ0v) is 22.9. The summed E-state index contributed by atoms with van der Waals surface area (Å²) < 4.78 is 11.1. The van der Waals surface area contributed by atoms with Crippen LogP contribution in [0, 0.1) is 35.5 Å². The monoisotopic (exact) mass is 541 g/mol. The van der Waals surface area contributed by atoms with Crippen LogP contribution in [0.4, 0.5) is 0 Å². The molecule has 0 saturated heterocycles. The SMILES string of the molecule is CCC1C2CC(COC(=O)CC(C)c3cc(O)ccc3O)CC(C2C)C1CCOC(=O)CN1C(=O)C=CC1=O. The average molecular weight is 542 g/mol. The molecular weight excluding hydrogens is 502 g/mol. The number of phenols is 2. The van der Waals surface area contributed by atoms with E-state index in [0.29, 0.717) is 41.8 Å². The maximum atomic E-state index is 12.6. The van der Waals surface area contributed by atoms with Gasteiger partial charge in [-0.2, -0.15) is 0 Å². The molecule has 2 aliphatic carbocycles. The normalized spacial score (nSPS) is 28.5. The van der Waals surface area contributed by atoms with Crippen molar-refractivity contribution in [2.24, 2.45) is 35.5 Å². The molecule has 9 nitrogen and oxygen atoms in total. The number of carbonyl (C=O) groups is 4. The topological polar surface area (TPSA) is 130 Å². The maximum Gasteiger partial charge on any atom is 0.326 e. The van der Waals surface area contributed by atoms with E-state index >= 15 is 0 Å². The lowest BCUT2D eigenvalue weighted by atomic mass is 9.72. The van der Waals surface area contributed by atoms with Crippen LogP contribution < -0.4 is 0 Å². The highest BCUT2D eigenvalue weighted by Crippen LogP contribution is 2.57. The molecule has 2 fully saturated rings. The average Bonchev–Trinajstić information content (AvgIpc) is 3.26. The lowest BCUT2D eigenvalue weighted by Crippen LogP contribution is -2.36. The molecule has 9 heteroatoms. The highest BCUT2D eigenvalue weighted by molar-refractivity contribution is 6.14. The minimum atomic E-state index is -0.583. The predicted molar refractivity (Wildman–Crippen MR) is 141 cm³/mol. The number of hydrogen-bond acceptors (Lipinski definition) is 8. The maximum absolute atomic E-state index is 12.6. The highest BCUT2D eigenvalue weighted by atomic mass is 16.5. The fourth-order valence-electron chi connectivity index (χ4n) is 7.18. The summed E-state index contributed by atoms with van der Waals surface area (Å²) in [4.78, 5) is 49.1. The molecule has 4 rings (SSSR count). The van der Waals surface area contributed by atoms with Gasteiger partial charge in [0.2, 0.25) is 0 Å². The summed E-state index contributed by atoms with van der Waals surface area (Å²) in [6.45, 7) is 6.56. The number of esters is 2. The van der Waals surface area contributed by atoms with Crippen LogP contribution in [0.1, 0.15) is 64.4 Å². The summed E-state index contributed by atoms with van der Waals surface area (Å²) >= 11 is 0. The molecule has 7 unspecified atom stereocenters. The van der Waals surface area contributed by atoms with Gasteiger partial charge in [0.25, 0.3) is 11.8 Å². The van der Waals surface area contributed by atoms with E-state index in [1.54, 1.807) is 0 Å². The number of ether oxygens (including phenoxy) is 2. The van der Waals surface area contributed by atoms with Crippen molar-refractivity contribution in [2.75, 3.05) is 19.8 Å². The van der Waals surface area contributed by atoms with Gasteiger partial charge < -0.3 is 19.7 Å². The molecule has 39 heavy (non-hydrogen) atoms. The Bertz CT molecular complexity index is 1110. The largest absolute Gasteiger partial charge is 0.508 e. The van der Waals surface area contributed by atoms with Gasteiger partial charge in [-0.05, 0) is 78.9 Å². The molecule has 2 N–H and O–H groups in total. The van der Waals surface area contributed by atoms with E-state index in [1.807, 2.05) is 6.92 Å². The van der Waals surface area contributed by atoms with Crippen LogP contribution in [-0.4, -0.2) is 58.6 Å². The molecule has 0 aromatic heterocycles. The number of rotatable bonds is 11. The summed E-state index contributed by atoms with van der Waals surface area (Å²) in [6, 6.07) is 4.29. The van der Waals surface area contributed by atoms with E-state index in [-0.39, 0.29) is 48.9 Å². The van der Waals surface area contributed by atoms with Gasteiger partial charge in [0.15, 0.2) is 0 Å². The Morgan fingerprint density at radius 2 is 1.69 bits per heavy atom. The Hall–Kier alpha value is -3.36. The molecule has 0 spiro atoms. The minimum absolute atomic E-state index is 0.0405. The third kappa shape index (κ3) is 6.45. The number of carbonyl (C=O) groups excluding carboxylic acids is 4. The Balaban J connectivity index is 1.26. The summed E-state index contributed by atoms with van der Waals surface area (Å²) in [5.74, 6) is 0.574. The van der Waals surface area contributed by atoms with Crippen molar-refractivity contribution in [3.8, 4) is 11.5 Å². The Morgan fingerprint density at radius 3 is 2.36 bits per heavy atom. The van der Waals surface area contributed by atoms with Gasteiger partial charge in [0.05, 0.1) is 19.6 Å². The number of amides is 2. The first-order chi connectivity index (χ1) is 18.6. The van der Waals surface area contributed by atoms with Crippen LogP contribution in [0.15, 0.2) is 30.4 Å². The number of phenolic OH excluding ortho intramolecular Hbond substituents is 2. The lowest BCUT2D eigenvalue weighted by Gasteiger charge is -2.34. The van der Waals surface area contributed by atoms with Gasteiger partial charge in [0, 0.05) is 17.7 Å². The molecule has 1 aliphatic heterocycles. The number of hydrogen-bond donors (Lipinski definition) is 2. The molecule has 2 amide bonds. The number of nitrogens with zero attached hydrogens (tertiary/aromatic N) is 1. The van der Waals surface area contributed by atoms with E-state index < -0.39 is 17.8 Å². The van der Waals surface area contributed by atoms with Crippen molar-refractivity contribution >= 4 is 23.8 Å². The summed E-state index contributed by atoms with van der Waals surface area (Å²) in [5, 5.41) is 19.8. The predicted octanol–water partition coefficient (Wildman–Crippen LogP) is 3.93. The van der Waals surface area contributed by atoms with Crippen molar-refractivity contribution < 1.29 is 38.9 Å². The van der Waals surface area contributed by atoms with Gasteiger partial charge in [0.1, 0.15) is 18.0 Å². The van der Waals surface area contributed by atoms with Crippen molar-refractivity contribution in [2.45, 2.75) is 58.8 Å². The first-order valence-electron chi connectivity index (χ1n) is 14.0. The molecule has 1 heterocycles. The molecule has 1 aromatic rings. The standard InChI is InChI=1S/C30H39NO8/c1-4-21-22(9-10-38-30(37)15-31-27(34)7-8-28(31)35)25-13-19(12-24(21)18(25)3)16-39-29(36)11-17(2)23-14-20(32)5-6-26(23)33/h5-8,14,17-19,21-22,24-25,32-33H,4,9-13,15-16H2,1-3H3. The molecule has 1 aromatic carbocycles. The molecule has 0 radical (unpaired) electrons. The highest BCUT2D eigenvalue weighted by Gasteiger charge is 2.51. The quantitative estimate of drug-likeness (QED) is 0.245. The van der Waals surface area contributed by atoms with Crippen molar-refractivity contribution in [1.82, 2.24) is 4.90 Å². The molecule has 2 bridgehead atoms. The molecule has 212 valence electrons. The van der Waals surface area contributed by atoms with Gasteiger partial charge in [-0.25, -0.2) is 0 Å². The number of benzene rings is 1. The van der Waals surface area contributed by atoms with Crippen LogP contribution in [0.25, 0.3) is 0 Å². The van der Waals surface area contributed by atoms with Crippen LogP contribution in [-0.2, 0) is 28.7 Å². The fraction of sp³-hybridized carbons (Fsp3) is 0.600. The zero-order valence-electron chi connectivity index (χ0n) is 22.9. The third-order valence-electron chi connectivity index (χ3n) is 9.08. The van der Waals surface area contributed by atoms with Crippen molar-refractivity contribution in [3.05, 3.63) is 35.9 Å². The minimum Gasteiger partial charge on any atom is -0.508 e. The Labute approximate surface area is 229 Å². The third-order valence-corrected chi connectivity index (χ3v) is 9.08. The zero-order chi connectivity index (χ0) is 28.3. The second-order valence-corrected chi connectivity index (χ2v) is 11.4. The Morgan fingerprint density at radius 1 is 1.03 bits per heavy atom. The molecule has 3 aliphatic rings. The molecular formula is C30H39NO8. The lowest BCUT2D eigenvalue weighted by molar-refractivity contribution is -0.152. The smallest absolute Gasteiger partial charge is 0.326 e. The van der Waals surface area contributed by atoms with E-state index in [1.165, 1.54) is 18.2 Å². The van der Waals surface area contributed by atoms with E-state index in [4.69, 9.17) is 9.47 Å². The second-order valence-electron chi connectivity index (χ2n) is 11.4. The first kappa shape index (κ1) is 28.6. The Kier molecular flexibility index (Phi) is 8.97. The number of imide groups is 1. The van der Waals surface area contributed by atoms with Crippen LogP contribution >= 0.6 is 0 Å².